The van der Waals surface area contributed by atoms with Crippen molar-refractivity contribution in [3.8, 4) is 0 Å². The zero-order valence-electron chi connectivity index (χ0n) is 9.23. The highest BCUT2D eigenvalue weighted by molar-refractivity contribution is 5.94. The standard InChI is InChI=1S/C12H13NO4/c14-11(10-6-3-7-17-10)13-9-5-2-1-4-8(9)12(15)16/h3,6-7H,1-2,4-5H2,(H,13,14)(H,15,16). The molecule has 1 heterocycles. The van der Waals surface area contributed by atoms with Crippen molar-refractivity contribution < 1.29 is 19.1 Å². The number of carboxylic acids is 1. The fraction of sp³-hybridized carbons (Fsp3) is 0.333. The number of hydrogen-bond acceptors (Lipinski definition) is 3. The van der Waals surface area contributed by atoms with Gasteiger partial charge in [-0.2, -0.15) is 0 Å². The molecule has 0 saturated carbocycles. The van der Waals surface area contributed by atoms with Crippen molar-refractivity contribution in [3.63, 3.8) is 0 Å². The summed E-state index contributed by atoms with van der Waals surface area (Å²) in [6.45, 7) is 0. The Bertz CT molecular complexity index is 459. The molecule has 2 N–H and O–H groups in total. The number of amides is 1. The van der Waals surface area contributed by atoms with Gasteiger partial charge in [0.05, 0.1) is 11.8 Å². The highest BCUT2D eigenvalue weighted by atomic mass is 16.4. The third-order valence-corrected chi connectivity index (χ3v) is 2.74. The molecule has 0 atom stereocenters. The number of allylic oxidation sites excluding steroid dienone is 1. The first-order valence-electron chi connectivity index (χ1n) is 5.48. The Morgan fingerprint density at radius 2 is 2.06 bits per heavy atom. The van der Waals surface area contributed by atoms with E-state index in [9.17, 15) is 9.59 Å². The minimum absolute atomic E-state index is 0.188. The number of aliphatic carboxylic acids is 1. The van der Waals surface area contributed by atoms with Gasteiger partial charge in [0.1, 0.15) is 0 Å². The van der Waals surface area contributed by atoms with Crippen LogP contribution in [-0.2, 0) is 4.79 Å². The highest BCUT2D eigenvalue weighted by Gasteiger charge is 2.21. The van der Waals surface area contributed by atoms with Gasteiger partial charge in [-0.25, -0.2) is 4.79 Å². The number of hydrogen-bond donors (Lipinski definition) is 2. The lowest BCUT2D eigenvalue weighted by molar-refractivity contribution is -0.133. The molecule has 0 radical (unpaired) electrons. The molecule has 0 bridgehead atoms. The van der Waals surface area contributed by atoms with Crippen molar-refractivity contribution in [2.75, 3.05) is 0 Å². The lowest BCUT2D eigenvalue weighted by atomic mass is 9.96. The van der Waals surface area contributed by atoms with E-state index < -0.39 is 11.9 Å². The number of furan rings is 1. The summed E-state index contributed by atoms with van der Waals surface area (Å²) in [5, 5.41) is 11.6. The molecular formula is C12H13NO4. The van der Waals surface area contributed by atoms with Crippen LogP contribution in [0.2, 0.25) is 0 Å². The zero-order valence-corrected chi connectivity index (χ0v) is 9.23. The normalized spacial score (nSPS) is 15.8. The fourth-order valence-corrected chi connectivity index (χ4v) is 1.89. The smallest absolute Gasteiger partial charge is 0.333 e. The Balaban J connectivity index is 2.16. The van der Waals surface area contributed by atoms with Gasteiger partial charge in [-0.15, -0.1) is 0 Å². The monoisotopic (exact) mass is 235 g/mol. The van der Waals surface area contributed by atoms with Gasteiger partial charge in [0.25, 0.3) is 5.91 Å². The van der Waals surface area contributed by atoms with E-state index in [4.69, 9.17) is 9.52 Å². The van der Waals surface area contributed by atoms with Crippen LogP contribution >= 0.6 is 0 Å². The van der Waals surface area contributed by atoms with Gasteiger partial charge in [0.2, 0.25) is 0 Å². The molecule has 90 valence electrons. The van der Waals surface area contributed by atoms with E-state index in [1.165, 1.54) is 6.26 Å². The van der Waals surface area contributed by atoms with Crippen molar-refractivity contribution in [1.29, 1.82) is 0 Å². The number of rotatable bonds is 3. The number of carboxylic acid groups (broad SMARTS) is 1. The lowest BCUT2D eigenvalue weighted by Gasteiger charge is -2.17. The van der Waals surface area contributed by atoms with Crippen LogP contribution in [0.15, 0.2) is 34.1 Å². The quantitative estimate of drug-likeness (QED) is 0.838. The Kier molecular flexibility index (Phi) is 3.27. The highest BCUT2D eigenvalue weighted by Crippen LogP contribution is 2.23. The van der Waals surface area contributed by atoms with Gasteiger partial charge >= 0.3 is 5.97 Å². The summed E-state index contributed by atoms with van der Waals surface area (Å²) in [4.78, 5) is 22.7. The maximum Gasteiger partial charge on any atom is 0.333 e. The average molecular weight is 235 g/mol. The topological polar surface area (TPSA) is 79.5 Å². The predicted molar refractivity (Wildman–Crippen MR) is 59.3 cm³/mol. The van der Waals surface area contributed by atoms with Crippen LogP contribution in [0.5, 0.6) is 0 Å². The summed E-state index contributed by atoms with van der Waals surface area (Å²) in [5.74, 6) is -1.17. The van der Waals surface area contributed by atoms with Crippen molar-refractivity contribution in [3.05, 3.63) is 35.4 Å². The third-order valence-electron chi connectivity index (χ3n) is 2.74. The molecule has 0 fully saturated rings. The molecule has 0 aliphatic heterocycles. The molecule has 0 saturated heterocycles. The molecular weight excluding hydrogens is 222 g/mol. The van der Waals surface area contributed by atoms with E-state index in [-0.39, 0.29) is 5.76 Å². The average Bonchev–Trinajstić information content (AvgIpc) is 2.83. The van der Waals surface area contributed by atoms with E-state index in [2.05, 4.69) is 5.32 Å². The van der Waals surface area contributed by atoms with Crippen LogP contribution in [0.1, 0.15) is 36.2 Å². The largest absolute Gasteiger partial charge is 0.478 e. The van der Waals surface area contributed by atoms with E-state index in [1.807, 2.05) is 0 Å². The van der Waals surface area contributed by atoms with Crippen molar-refractivity contribution in [2.45, 2.75) is 25.7 Å². The minimum atomic E-state index is -0.959. The Hall–Kier alpha value is -2.04. The van der Waals surface area contributed by atoms with Gasteiger partial charge in [0, 0.05) is 5.70 Å². The molecule has 1 aromatic heterocycles. The second-order valence-corrected chi connectivity index (χ2v) is 3.90. The van der Waals surface area contributed by atoms with E-state index >= 15 is 0 Å². The van der Waals surface area contributed by atoms with Crippen LogP contribution in [0, 0.1) is 0 Å². The van der Waals surface area contributed by atoms with Gasteiger partial charge in [-0.1, -0.05) is 0 Å². The van der Waals surface area contributed by atoms with Crippen molar-refractivity contribution in [2.24, 2.45) is 0 Å². The second-order valence-electron chi connectivity index (χ2n) is 3.90. The van der Waals surface area contributed by atoms with E-state index in [1.54, 1.807) is 12.1 Å². The second kappa shape index (κ2) is 4.86. The Morgan fingerprint density at radius 3 is 2.71 bits per heavy atom. The van der Waals surface area contributed by atoms with Crippen LogP contribution in [0.3, 0.4) is 0 Å². The molecule has 17 heavy (non-hydrogen) atoms. The Labute approximate surface area is 98.1 Å². The summed E-state index contributed by atoms with van der Waals surface area (Å²) in [6, 6.07) is 3.15. The maximum atomic E-state index is 11.7. The molecule has 0 unspecified atom stereocenters. The molecule has 1 aliphatic rings. The molecule has 5 heteroatoms. The summed E-state index contributed by atoms with van der Waals surface area (Å²) in [6.07, 6.45) is 4.24. The molecule has 1 amide bonds. The van der Waals surface area contributed by atoms with Crippen molar-refractivity contribution >= 4 is 11.9 Å². The van der Waals surface area contributed by atoms with Crippen LogP contribution < -0.4 is 5.32 Å². The first-order chi connectivity index (χ1) is 8.18. The molecule has 1 aromatic rings. The SMILES string of the molecule is O=C(O)C1=C(NC(=O)c2ccco2)CCCC1. The summed E-state index contributed by atoms with van der Waals surface area (Å²) >= 11 is 0. The predicted octanol–water partition coefficient (Wildman–Crippen LogP) is 1.92. The Morgan fingerprint density at radius 1 is 1.29 bits per heavy atom. The van der Waals surface area contributed by atoms with Crippen LogP contribution in [0.4, 0.5) is 0 Å². The maximum absolute atomic E-state index is 11.7. The lowest BCUT2D eigenvalue weighted by Crippen LogP contribution is -2.27. The molecule has 0 spiro atoms. The number of carbonyl (C=O) groups excluding carboxylic acids is 1. The van der Waals surface area contributed by atoms with Crippen LogP contribution in [0.25, 0.3) is 0 Å². The number of nitrogens with one attached hydrogen (secondary N) is 1. The van der Waals surface area contributed by atoms with Crippen molar-refractivity contribution in [1.82, 2.24) is 5.32 Å². The van der Waals surface area contributed by atoms with E-state index in [0.29, 0.717) is 24.1 Å². The zero-order chi connectivity index (χ0) is 12.3. The third kappa shape index (κ3) is 2.55. The summed E-state index contributed by atoms with van der Waals surface area (Å²) in [5.41, 5.74) is 0.807. The van der Waals surface area contributed by atoms with Gasteiger partial charge in [-0.3, -0.25) is 4.79 Å². The first-order valence-corrected chi connectivity index (χ1v) is 5.48. The minimum Gasteiger partial charge on any atom is -0.478 e. The fourth-order valence-electron chi connectivity index (χ4n) is 1.89. The molecule has 2 rings (SSSR count). The summed E-state index contributed by atoms with van der Waals surface area (Å²) < 4.78 is 4.95. The van der Waals surface area contributed by atoms with Gasteiger partial charge < -0.3 is 14.8 Å². The molecule has 0 aromatic carbocycles. The number of carbonyl (C=O) groups is 2. The molecule has 1 aliphatic carbocycles. The van der Waals surface area contributed by atoms with Gasteiger partial charge in [0.15, 0.2) is 5.76 Å². The van der Waals surface area contributed by atoms with Crippen LogP contribution in [-0.4, -0.2) is 17.0 Å². The van der Waals surface area contributed by atoms with E-state index in [0.717, 1.165) is 12.8 Å². The molecule has 5 nitrogen and oxygen atoms in total. The first kappa shape index (κ1) is 11.4. The summed E-state index contributed by atoms with van der Waals surface area (Å²) in [7, 11) is 0. The van der Waals surface area contributed by atoms with Gasteiger partial charge in [-0.05, 0) is 37.8 Å².